The molecule has 0 unspecified atom stereocenters. The van der Waals surface area contributed by atoms with E-state index in [2.05, 4.69) is 32.0 Å². The van der Waals surface area contributed by atoms with E-state index in [4.69, 9.17) is 9.47 Å². The van der Waals surface area contributed by atoms with Gasteiger partial charge in [-0.2, -0.15) is 0 Å². The first-order valence-corrected chi connectivity index (χ1v) is 7.25. The van der Waals surface area contributed by atoms with Gasteiger partial charge in [-0.05, 0) is 65.5 Å². The van der Waals surface area contributed by atoms with Crippen LogP contribution in [0.4, 0.5) is 0 Å². The van der Waals surface area contributed by atoms with Crippen molar-refractivity contribution in [2.24, 2.45) is 0 Å². The van der Waals surface area contributed by atoms with E-state index >= 15 is 0 Å². The maximum absolute atomic E-state index is 5.62. The fourth-order valence-electron chi connectivity index (χ4n) is 3.44. The van der Waals surface area contributed by atoms with Gasteiger partial charge < -0.3 is 9.47 Å². The van der Waals surface area contributed by atoms with Crippen LogP contribution in [0.25, 0.3) is 10.8 Å². The Hall–Kier alpha value is -1.70. The van der Waals surface area contributed by atoms with Gasteiger partial charge in [0.05, 0.1) is 14.2 Å². The zero-order chi connectivity index (χ0) is 14.3. The monoisotopic (exact) mass is 270 g/mol. The molecular formula is C18H22O2. The summed E-state index contributed by atoms with van der Waals surface area (Å²) in [5.74, 6) is 1.88. The van der Waals surface area contributed by atoms with Crippen LogP contribution in [0.15, 0.2) is 24.3 Å². The lowest BCUT2D eigenvalue weighted by Crippen LogP contribution is -2.24. The Kier molecular flexibility index (Phi) is 3.12. The first-order valence-electron chi connectivity index (χ1n) is 7.25. The Morgan fingerprint density at radius 3 is 2.50 bits per heavy atom. The minimum Gasteiger partial charge on any atom is -0.497 e. The van der Waals surface area contributed by atoms with E-state index in [0.29, 0.717) is 0 Å². The Morgan fingerprint density at radius 2 is 1.80 bits per heavy atom. The van der Waals surface area contributed by atoms with Gasteiger partial charge in [0, 0.05) is 5.39 Å². The zero-order valence-corrected chi connectivity index (χ0v) is 12.7. The molecule has 0 aromatic heterocycles. The number of hydrogen-bond donors (Lipinski definition) is 0. The molecule has 20 heavy (non-hydrogen) atoms. The molecule has 0 saturated carbocycles. The van der Waals surface area contributed by atoms with Gasteiger partial charge >= 0.3 is 0 Å². The number of hydrogen-bond acceptors (Lipinski definition) is 2. The number of ether oxygens (including phenoxy) is 2. The predicted octanol–water partition coefficient (Wildman–Crippen LogP) is 4.47. The zero-order valence-electron chi connectivity index (χ0n) is 12.7. The smallest absolute Gasteiger partial charge is 0.127 e. The minimum atomic E-state index is 0.220. The van der Waals surface area contributed by atoms with Gasteiger partial charge in [0.15, 0.2) is 0 Å². The van der Waals surface area contributed by atoms with E-state index in [0.717, 1.165) is 17.9 Å². The summed E-state index contributed by atoms with van der Waals surface area (Å²) in [5.41, 5.74) is 3.12. The van der Waals surface area contributed by atoms with Crippen molar-refractivity contribution in [1.29, 1.82) is 0 Å². The molecule has 1 aliphatic rings. The molecule has 2 heteroatoms. The van der Waals surface area contributed by atoms with Crippen LogP contribution >= 0.6 is 0 Å². The van der Waals surface area contributed by atoms with Crippen LogP contribution in [-0.4, -0.2) is 14.2 Å². The highest BCUT2D eigenvalue weighted by molar-refractivity contribution is 5.93. The van der Waals surface area contributed by atoms with Gasteiger partial charge in [-0.1, -0.05) is 13.8 Å². The number of aryl methyl sites for hydroxylation is 1. The molecule has 0 saturated heterocycles. The highest BCUT2D eigenvalue weighted by Gasteiger charge is 2.29. The molecule has 2 nitrogen and oxygen atoms in total. The normalized spacial score (nSPS) is 16.8. The molecule has 0 amide bonds. The molecule has 0 spiro atoms. The van der Waals surface area contributed by atoms with Crippen molar-refractivity contribution in [2.45, 2.75) is 38.5 Å². The van der Waals surface area contributed by atoms with Crippen molar-refractivity contribution in [3.05, 3.63) is 35.4 Å². The number of fused-ring (bicyclic) bond motifs is 3. The lowest BCUT2D eigenvalue weighted by Gasteiger charge is -2.34. The Balaban J connectivity index is 2.37. The van der Waals surface area contributed by atoms with E-state index in [1.807, 2.05) is 6.07 Å². The quantitative estimate of drug-likeness (QED) is 0.801. The van der Waals surface area contributed by atoms with Crippen molar-refractivity contribution in [2.75, 3.05) is 14.2 Å². The fraction of sp³-hybridized carbons (Fsp3) is 0.444. The molecule has 2 aromatic rings. The molecule has 0 N–H and O–H groups in total. The Labute approximate surface area is 120 Å². The molecule has 0 radical (unpaired) electrons. The highest BCUT2D eigenvalue weighted by atomic mass is 16.5. The van der Waals surface area contributed by atoms with Crippen LogP contribution in [0.2, 0.25) is 0 Å². The first-order chi connectivity index (χ1) is 9.56. The average molecular weight is 270 g/mol. The minimum absolute atomic E-state index is 0.220. The average Bonchev–Trinajstić information content (AvgIpc) is 2.45. The van der Waals surface area contributed by atoms with E-state index in [9.17, 15) is 0 Å². The third-order valence-corrected chi connectivity index (χ3v) is 4.60. The molecule has 0 bridgehead atoms. The van der Waals surface area contributed by atoms with Crippen LogP contribution < -0.4 is 9.47 Å². The maximum Gasteiger partial charge on any atom is 0.127 e. The lowest BCUT2D eigenvalue weighted by atomic mass is 9.71. The second-order valence-corrected chi connectivity index (χ2v) is 6.25. The third-order valence-electron chi connectivity index (χ3n) is 4.60. The molecule has 0 aliphatic heterocycles. The maximum atomic E-state index is 5.62. The molecule has 2 aromatic carbocycles. The van der Waals surface area contributed by atoms with E-state index in [-0.39, 0.29) is 5.41 Å². The lowest BCUT2D eigenvalue weighted by molar-refractivity contribution is 0.406. The number of methoxy groups -OCH3 is 2. The Morgan fingerprint density at radius 1 is 1.00 bits per heavy atom. The first kappa shape index (κ1) is 13.3. The third kappa shape index (κ3) is 1.94. The number of rotatable bonds is 2. The largest absolute Gasteiger partial charge is 0.497 e. The van der Waals surface area contributed by atoms with E-state index in [1.165, 1.54) is 34.7 Å². The van der Waals surface area contributed by atoms with Gasteiger partial charge in [-0.3, -0.25) is 0 Å². The van der Waals surface area contributed by atoms with E-state index in [1.54, 1.807) is 14.2 Å². The van der Waals surface area contributed by atoms with Crippen LogP contribution in [0, 0.1) is 0 Å². The molecule has 1 aliphatic carbocycles. The second-order valence-electron chi connectivity index (χ2n) is 6.25. The summed E-state index contributed by atoms with van der Waals surface area (Å²) in [6.45, 7) is 4.66. The summed E-state index contributed by atoms with van der Waals surface area (Å²) in [6.07, 6.45) is 3.63. The highest BCUT2D eigenvalue weighted by Crippen LogP contribution is 2.44. The van der Waals surface area contributed by atoms with Crippen molar-refractivity contribution in [3.63, 3.8) is 0 Å². The summed E-state index contributed by atoms with van der Waals surface area (Å²) in [5, 5.41) is 2.47. The summed E-state index contributed by atoms with van der Waals surface area (Å²) < 4.78 is 11.0. The van der Waals surface area contributed by atoms with Crippen molar-refractivity contribution in [3.8, 4) is 11.5 Å². The second kappa shape index (κ2) is 4.69. The van der Waals surface area contributed by atoms with Crippen LogP contribution in [0.1, 0.15) is 37.8 Å². The predicted molar refractivity (Wildman–Crippen MR) is 83.0 cm³/mol. The SMILES string of the molecule is COc1ccc2c(OC)cc3c(c2c1)CCCC3(C)C. The van der Waals surface area contributed by atoms with Crippen molar-refractivity contribution < 1.29 is 9.47 Å². The topological polar surface area (TPSA) is 18.5 Å². The van der Waals surface area contributed by atoms with Crippen molar-refractivity contribution in [1.82, 2.24) is 0 Å². The standard InChI is InChI=1S/C18H22O2/c1-18(2)9-5-6-13-15-10-12(19-3)7-8-14(15)17(20-4)11-16(13)18/h7-8,10-11H,5-6,9H2,1-4H3. The van der Waals surface area contributed by atoms with Gasteiger partial charge in [0.1, 0.15) is 11.5 Å². The summed E-state index contributed by atoms with van der Waals surface area (Å²) in [7, 11) is 3.47. The van der Waals surface area contributed by atoms with Gasteiger partial charge in [0.25, 0.3) is 0 Å². The summed E-state index contributed by atoms with van der Waals surface area (Å²) in [4.78, 5) is 0. The van der Waals surface area contributed by atoms with Crippen LogP contribution in [0.3, 0.4) is 0 Å². The van der Waals surface area contributed by atoms with Crippen LogP contribution in [-0.2, 0) is 11.8 Å². The molecule has 0 atom stereocenters. The Bertz CT molecular complexity index is 656. The van der Waals surface area contributed by atoms with Crippen LogP contribution in [0.5, 0.6) is 11.5 Å². The molecule has 3 rings (SSSR count). The van der Waals surface area contributed by atoms with E-state index < -0.39 is 0 Å². The summed E-state index contributed by atoms with van der Waals surface area (Å²) in [6, 6.07) is 8.50. The van der Waals surface area contributed by atoms with Crippen molar-refractivity contribution >= 4 is 10.8 Å². The fourth-order valence-corrected chi connectivity index (χ4v) is 3.44. The molecule has 0 fully saturated rings. The van der Waals surface area contributed by atoms with Gasteiger partial charge in [-0.15, -0.1) is 0 Å². The molecule has 106 valence electrons. The van der Waals surface area contributed by atoms with Gasteiger partial charge in [-0.25, -0.2) is 0 Å². The van der Waals surface area contributed by atoms with Gasteiger partial charge in [0.2, 0.25) is 0 Å². The molecular weight excluding hydrogens is 248 g/mol. The molecule has 0 heterocycles. The number of benzene rings is 2. The summed E-state index contributed by atoms with van der Waals surface area (Å²) >= 11 is 0.